The molecule has 3 N–H and O–H groups in total. The van der Waals surface area contributed by atoms with Crippen molar-refractivity contribution in [3.8, 4) is 5.88 Å². The first-order valence-electron chi connectivity index (χ1n) is 10.1. The Labute approximate surface area is 170 Å². The summed E-state index contributed by atoms with van der Waals surface area (Å²) in [6, 6.07) is 3.06. The number of aromatic nitrogens is 1. The number of halogens is 3. The van der Waals surface area contributed by atoms with Gasteiger partial charge in [0, 0.05) is 32.0 Å². The van der Waals surface area contributed by atoms with E-state index in [0.29, 0.717) is 19.0 Å². The molecule has 1 heterocycles. The van der Waals surface area contributed by atoms with Gasteiger partial charge >= 0.3 is 6.18 Å². The second-order valence-corrected chi connectivity index (χ2v) is 7.49. The highest BCUT2D eigenvalue weighted by Crippen LogP contribution is 2.38. The molecule has 9 heteroatoms. The van der Waals surface area contributed by atoms with Gasteiger partial charge in [0.25, 0.3) is 0 Å². The zero-order valence-corrected chi connectivity index (χ0v) is 16.9. The molecule has 1 aliphatic rings. The van der Waals surface area contributed by atoms with Gasteiger partial charge in [-0.2, -0.15) is 13.2 Å². The molecule has 1 aromatic rings. The minimum Gasteiger partial charge on any atom is -0.468 e. The van der Waals surface area contributed by atoms with E-state index in [-0.39, 0.29) is 17.9 Å². The first-order chi connectivity index (χ1) is 13.9. The van der Waals surface area contributed by atoms with Crippen molar-refractivity contribution >= 4 is 5.96 Å². The largest absolute Gasteiger partial charge is 0.468 e. The number of nitrogens with one attached hydrogen (secondary N) is 2. The first kappa shape index (κ1) is 23.3. The summed E-state index contributed by atoms with van der Waals surface area (Å²) in [5.74, 6) is 0.608. The van der Waals surface area contributed by atoms with Crippen molar-refractivity contribution in [1.29, 1.82) is 0 Å². The topological polar surface area (TPSA) is 78.8 Å². The Balaban J connectivity index is 1.92. The average molecular weight is 416 g/mol. The number of aliphatic hydroxyl groups is 1. The summed E-state index contributed by atoms with van der Waals surface area (Å²) in [5, 5.41) is 16.1. The van der Waals surface area contributed by atoms with Crippen molar-refractivity contribution in [1.82, 2.24) is 15.6 Å². The summed E-state index contributed by atoms with van der Waals surface area (Å²) in [4.78, 5) is 8.45. The monoisotopic (exact) mass is 416 g/mol. The smallest absolute Gasteiger partial charge is 0.422 e. The Morgan fingerprint density at radius 3 is 2.59 bits per heavy atom. The Morgan fingerprint density at radius 1 is 1.24 bits per heavy atom. The number of aliphatic hydroxyl groups excluding tert-OH is 1. The lowest BCUT2D eigenvalue weighted by Crippen LogP contribution is -2.44. The van der Waals surface area contributed by atoms with Crippen molar-refractivity contribution < 1.29 is 23.0 Å². The van der Waals surface area contributed by atoms with E-state index in [4.69, 9.17) is 0 Å². The number of hydrogen-bond acceptors (Lipinski definition) is 4. The van der Waals surface area contributed by atoms with Gasteiger partial charge in [0.2, 0.25) is 5.88 Å². The maximum absolute atomic E-state index is 12.2. The number of alkyl halides is 3. The van der Waals surface area contributed by atoms with Crippen LogP contribution in [0.5, 0.6) is 5.88 Å². The highest BCUT2D eigenvalue weighted by atomic mass is 19.4. The van der Waals surface area contributed by atoms with E-state index >= 15 is 0 Å². The maximum atomic E-state index is 12.2. The lowest BCUT2D eigenvalue weighted by atomic mass is 9.72. The van der Waals surface area contributed by atoms with E-state index in [1.165, 1.54) is 31.5 Å². The molecule has 0 atom stereocenters. The number of guanidine groups is 1. The predicted octanol–water partition coefficient (Wildman–Crippen LogP) is 3.41. The zero-order chi connectivity index (χ0) is 21.2. The minimum atomic E-state index is -4.39. The van der Waals surface area contributed by atoms with Gasteiger partial charge in [-0.25, -0.2) is 9.98 Å². The van der Waals surface area contributed by atoms with Crippen LogP contribution in [0.3, 0.4) is 0 Å². The van der Waals surface area contributed by atoms with Crippen LogP contribution in [-0.2, 0) is 6.54 Å². The molecule has 0 aromatic carbocycles. The number of rotatable bonds is 9. The number of nitrogens with zero attached hydrogens (tertiary/aromatic N) is 2. The molecular weight excluding hydrogens is 385 g/mol. The van der Waals surface area contributed by atoms with Crippen LogP contribution in [0.25, 0.3) is 0 Å². The van der Waals surface area contributed by atoms with Crippen LogP contribution in [0.4, 0.5) is 13.2 Å². The highest BCUT2D eigenvalue weighted by Gasteiger charge is 2.31. The fourth-order valence-electron chi connectivity index (χ4n) is 3.58. The summed E-state index contributed by atoms with van der Waals surface area (Å²) in [6.45, 7) is 2.61. The third-order valence-electron chi connectivity index (χ3n) is 5.13. The number of hydrogen-bond donors (Lipinski definition) is 3. The van der Waals surface area contributed by atoms with Gasteiger partial charge in [0.1, 0.15) is 0 Å². The van der Waals surface area contributed by atoms with E-state index in [9.17, 15) is 18.3 Å². The average Bonchev–Trinajstić information content (AvgIpc) is 2.70. The van der Waals surface area contributed by atoms with Crippen LogP contribution in [0.15, 0.2) is 23.3 Å². The van der Waals surface area contributed by atoms with E-state index in [0.717, 1.165) is 31.4 Å². The molecule has 0 saturated heterocycles. The van der Waals surface area contributed by atoms with E-state index in [2.05, 4.69) is 25.3 Å². The fraction of sp³-hybridized carbons (Fsp3) is 0.700. The lowest BCUT2D eigenvalue weighted by Gasteiger charge is -2.37. The molecule has 0 spiro atoms. The molecule has 6 nitrogen and oxygen atoms in total. The molecule has 0 unspecified atom stereocenters. The third kappa shape index (κ3) is 8.47. The normalized spacial score (nSPS) is 17.1. The SMILES string of the molecule is CCNC(=NCc1ccc(OCC(F)(F)F)nc1)NCC1(CCO)CCCCC1. The van der Waals surface area contributed by atoms with Gasteiger partial charge in [0.15, 0.2) is 12.6 Å². The van der Waals surface area contributed by atoms with E-state index in [1.54, 1.807) is 6.07 Å². The van der Waals surface area contributed by atoms with Crippen molar-refractivity contribution in [2.45, 2.75) is 58.2 Å². The molecule has 29 heavy (non-hydrogen) atoms. The quantitative estimate of drug-likeness (QED) is 0.425. The molecule has 0 amide bonds. The second kappa shape index (κ2) is 11.2. The molecule has 1 fully saturated rings. The fourth-order valence-corrected chi connectivity index (χ4v) is 3.58. The van der Waals surface area contributed by atoms with Crippen LogP contribution < -0.4 is 15.4 Å². The summed E-state index contributed by atoms with van der Waals surface area (Å²) in [6.07, 6.45) is 3.68. The zero-order valence-electron chi connectivity index (χ0n) is 16.9. The molecule has 0 aliphatic heterocycles. The van der Waals surface area contributed by atoms with Crippen LogP contribution in [0, 0.1) is 5.41 Å². The molecule has 1 saturated carbocycles. The van der Waals surface area contributed by atoms with E-state index < -0.39 is 12.8 Å². The molecule has 1 aliphatic carbocycles. The Kier molecular flexibility index (Phi) is 9.00. The first-order valence-corrected chi connectivity index (χ1v) is 10.1. The van der Waals surface area contributed by atoms with Gasteiger partial charge in [-0.1, -0.05) is 25.3 Å². The Morgan fingerprint density at radius 2 is 2.00 bits per heavy atom. The lowest BCUT2D eigenvalue weighted by molar-refractivity contribution is -0.154. The van der Waals surface area contributed by atoms with Crippen LogP contribution >= 0.6 is 0 Å². The molecule has 1 aromatic heterocycles. The van der Waals surface area contributed by atoms with Crippen LogP contribution in [-0.4, -0.2) is 48.5 Å². The maximum Gasteiger partial charge on any atom is 0.422 e. The van der Waals surface area contributed by atoms with Crippen molar-refractivity contribution in [2.24, 2.45) is 10.4 Å². The van der Waals surface area contributed by atoms with Gasteiger partial charge in [0.05, 0.1) is 6.54 Å². The van der Waals surface area contributed by atoms with E-state index in [1.807, 2.05) is 6.92 Å². The number of ether oxygens (including phenoxy) is 1. The van der Waals surface area contributed by atoms with Crippen LogP contribution in [0.1, 0.15) is 51.0 Å². The van der Waals surface area contributed by atoms with Crippen LogP contribution in [0.2, 0.25) is 0 Å². The molecular formula is C20H31F3N4O2. The number of pyridine rings is 1. The van der Waals surface area contributed by atoms with Gasteiger partial charge in [-0.05, 0) is 37.2 Å². The highest BCUT2D eigenvalue weighted by molar-refractivity contribution is 5.79. The minimum absolute atomic E-state index is 0.0664. The molecule has 0 bridgehead atoms. The third-order valence-corrected chi connectivity index (χ3v) is 5.13. The molecule has 164 valence electrons. The second-order valence-electron chi connectivity index (χ2n) is 7.49. The number of aliphatic imine (C=N–C) groups is 1. The summed E-state index contributed by atoms with van der Waals surface area (Å²) in [7, 11) is 0. The van der Waals surface area contributed by atoms with Gasteiger partial charge < -0.3 is 20.5 Å². The summed E-state index contributed by atoms with van der Waals surface area (Å²) >= 11 is 0. The van der Waals surface area contributed by atoms with Gasteiger partial charge in [-0.3, -0.25) is 0 Å². The van der Waals surface area contributed by atoms with Crippen molar-refractivity contribution in [2.75, 3.05) is 26.3 Å². The predicted molar refractivity (Wildman–Crippen MR) is 106 cm³/mol. The van der Waals surface area contributed by atoms with Crippen molar-refractivity contribution in [3.63, 3.8) is 0 Å². The Hall–Kier alpha value is -2.03. The summed E-state index contributed by atoms with van der Waals surface area (Å²) < 4.78 is 41.2. The summed E-state index contributed by atoms with van der Waals surface area (Å²) in [5.41, 5.74) is 0.867. The Bertz CT molecular complexity index is 624. The molecule has 0 radical (unpaired) electrons. The van der Waals surface area contributed by atoms with Gasteiger partial charge in [-0.15, -0.1) is 0 Å². The molecule has 2 rings (SSSR count). The van der Waals surface area contributed by atoms with Crippen molar-refractivity contribution in [3.05, 3.63) is 23.9 Å². The standard InChI is InChI=1S/C20H31F3N4O2/c1-2-24-18(27-14-19(10-11-28)8-4-3-5-9-19)26-13-16-6-7-17(25-12-16)29-15-20(21,22)23/h6-7,12,28H,2-5,8-11,13-15H2,1H3,(H2,24,26,27).